The lowest BCUT2D eigenvalue weighted by Crippen LogP contribution is -2.48. The van der Waals surface area contributed by atoms with Gasteiger partial charge in [0.1, 0.15) is 16.7 Å². The summed E-state index contributed by atoms with van der Waals surface area (Å²) in [4.78, 5) is 13.8. The molecule has 2 aromatic heterocycles. The largest absolute Gasteiger partial charge is 0.381 e. The number of fused-ring (bicyclic) bond motifs is 1. The predicted molar refractivity (Wildman–Crippen MR) is 91.6 cm³/mol. The molecule has 2 aromatic rings. The van der Waals surface area contributed by atoms with Gasteiger partial charge >= 0.3 is 0 Å². The zero-order valence-corrected chi connectivity index (χ0v) is 14.9. The van der Waals surface area contributed by atoms with Gasteiger partial charge in [0.05, 0.1) is 12.0 Å². The molecular formula is C15H21BrN6O. The normalized spacial score (nSPS) is 23.0. The molecule has 0 aromatic carbocycles. The van der Waals surface area contributed by atoms with Gasteiger partial charge in [0.25, 0.3) is 0 Å². The Labute approximate surface area is 143 Å². The zero-order chi connectivity index (χ0) is 15.8. The minimum atomic E-state index is 0.708. The van der Waals surface area contributed by atoms with Gasteiger partial charge in [0, 0.05) is 46.4 Å². The highest BCUT2D eigenvalue weighted by molar-refractivity contribution is 9.10. The second kappa shape index (κ2) is 6.33. The Morgan fingerprint density at radius 1 is 1.26 bits per heavy atom. The van der Waals surface area contributed by atoms with Crippen LogP contribution in [0.1, 0.15) is 6.42 Å². The molecule has 2 aliphatic heterocycles. The fourth-order valence-electron chi connectivity index (χ4n) is 3.50. The van der Waals surface area contributed by atoms with E-state index < -0.39 is 0 Å². The van der Waals surface area contributed by atoms with Crippen molar-refractivity contribution >= 4 is 32.8 Å². The van der Waals surface area contributed by atoms with E-state index in [4.69, 9.17) is 4.74 Å². The molecule has 8 heteroatoms. The van der Waals surface area contributed by atoms with Crippen LogP contribution in [0.15, 0.2) is 10.9 Å². The van der Waals surface area contributed by atoms with Gasteiger partial charge in [-0.3, -0.25) is 4.90 Å². The topological polar surface area (TPSA) is 59.3 Å². The van der Waals surface area contributed by atoms with Gasteiger partial charge in [-0.05, 0) is 28.3 Å². The van der Waals surface area contributed by atoms with Crippen LogP contribution in [0, 0.1) is 5.92 Å². The number of aryl methyl sites for hydroxylation is 1. The van der Waals surface area contributed by atoms with E-state index in [1.165, 1.54) is 6.42 Å². The molecule has 4 heterocycles. The minimum absolute atomic E-state index is 0.708. The summed E-state index contributed by atoms with van der Waals surface area (Å²) in [6.07, 6.45) is 2.84. The Bertz CT molecular complexity index is 691. The minimum Gasteiger partial charge on any atom is -0.381 e. The molecule has 7 nitrogen and oxygen atoms in total. The first-order valence-corrected chi connectivity index (χ1v) is 8.90. The van der Waals surface area contributed by atoms with Crippen LogP contribution in [0.4, 0.5) is 5.82 Å². The fraction of sp³-hybridized carbons (Fsp3) is 0.667. The van der Waals surface area contributed by atoms with Crippen molar-refractivity contribution in [1.29, 1.82) is 0 Å². The Hall–Kier alpha value is -1.25. The van der Waals surface area contributed by atoms with Crippen molar-refractivity contribution in [2.45, 2.75) is 6.42 Å². The molecule has 0 N–H and O–H groups in total. The second-order valence-electron chi connectivity index (χ2n) is 6.33. The summed E-state index contributed by atoms with van der Waals surface area (Å²) < 4.78 is 8.09. The number of anilines is 1. The third-order valence-electron chi connectivity index (χ3n) is 4.77. The summed E-state index contributed by atoms with van der Waals surface area (Å²) >= 11 is 3.54. The van der Waals surface area contributed by atoms with E-state index in [0.29, 0.717) is 5.92 Å². The molecule has 2 fully saturated rings. The molecule has 124 valence electrons. The van der Waals surface area contributed by atoms with Crippen LogP contribution in [-0.2, 0) is 11.8 Å². The summed E-state index contributed by atoms with van der Waals surface area (Å²) in [6, 6.07) is 0. The summed E-state index contributed by atoms with van der Waals surface area (Å²) in [5.41, 5.74) is 0.868. The van der Waals surface area contributed by atoms with Gasteiger partial charge in [0.15, 0.2) is 5.65 Å². The third-order valence-corrected chi connectivity index (χ3v) is 5.33. The molecule has 4 rings (SSSR count). The van der Waals surface area contributed by atoms with Crippen molar-refractivity contribution in [3.63, 3.8) is 0 Å². The predicted octanol–water partition coefficient (Wildman–Crippen LogP) is 1.28. The monoisotopic (exact) mass is 380 g/mol. The molecule has 0 bridgehead atoms. The van der Waals surface area contributed by atoms with Crippen LogP contribution in [0.5, 0.6) is 0 Å². The number of halogens is 1. The first-order valence-electron chi connectivity index (χ1n) is 8.10. The van der Waals surface area contributed by atoms with Gasteiger partial charge < -0.3 is 9.64 Å². The van der Waals surface area contributed by atoms with Gasteiger partial charge in [-0.2, -0.15) is 5.10 Å². The van der Waals surface area contributed by atoms with E-state index in [2.05, 4.69) is 40.8 Å². The van der Waals surface area contributed by atoms with Crippen molar-refractivity contribution in [2.24, 2.45) is 13.0 Å². The molecule has 23 heavy (non-hydrogen) atoms. The number of aromatic nitrogens is 4. The standard InChI is InChI=1S/C15H21BrN6O/c1-20-14-12(13(16)19-20)15(18-10-17-14)22-5-3-21(4-6-22)8-11-2-7-23-9-11/h10-11H,2-9H2,1H3. The molecule has 0 spiro atoms. The summed E-state index contributed by atoms with van der Waals surface area (Å²) in [5, 5.41) is 5.42. The molecule has 2 aliphatic rings. The average molecular weight is 381 g/mol. The van der Waals surface area contributed by atoms with Crippen LogP contribution < -0.4 is 4.90 Å². The Morgan fingerprint density at radius 3 is 2.83 bits per heavy atom. The summed E-state index contributed by atoms with van der Waals surface area (Å²) in [5.74, 6) is 1.69. The van der Waals surface area contributed by atoms with Gasteiger partial charge in [-0.25, -0.2) is 14.6 Å². The molecule has 0 radical (unpaired) electrons. The van der Waals surface area contributed by atoms with E-state index in [9.17, 15) is 0 Å². The first-order chi connectivity index (χ1) is 11.2. The van der Waals surface area contributed by atoms with E-state index >= 15 is 0 Å². The van der Waals surface area contributed by atoms with Crippen molar-refractivity contribution in [2.75, 3.05) is 50.8 Å². The quantitative estimate of drug-likeness (QED) is 0.799. The van der Waals surface area contributed by atoms with Crippen LogP contribution in [0.25, 0.3) is 11.0 Å². The molecule has 2 saturated heterocycles. The Morgan fingerprint density at radius 2 is 2.09 bits per heavy atom. The van der Waals surface area contributed by atoms with E-state index in [1.807, 2.05) is 7.05 Å². The van der Waals surface area contributed by atoms with E-state index in [1.54, 1.807) is 11.0 Å². The van der Waals surface area contributed by atoms with Crippen molar-refractivity contribution < 1.29 is 4.74 Å². The lowest BCUT2D eigenvalue weighted by Gasteiger charge is -2.36. The van der Waals surface area contributed by atoms with E-state index in [0.717, 1.165) is 67.4 Å². The number of nitrogens with zero attached hydrogens (tertiary/aromatic N) is 6. The number of hydrogen-bond acceptors (Lipinski definition) is 6. The molecular weight excluding hydrogens is 360 g/mol. The molecule has 1 unspecified atom stereocenters. The number of rotatable bonds is 3. The van der Waals surface area contributed by atoms with E-state index in [-0.39, 0.29) is 0 Å². The number of piperazine rings is 1. The first kappa shape index (κ1) is 15.3. The molecule has 0 amide bonds. The second-order valence-corrected chi connectivity index (χ2v) is 7.08. The molecule has 0 aliphatic carbocycles. The summed E-state index contributed by atoms with van der Waals surface area (Å²) in [6.45, 7) is 7.12. The lowest BCUT2D eigenvalue weighted by atomic mass is 10.1. The summed E-state index contributed by atoms with van der Waals surface area (Å²) in [7, 11) is 1.91. The maximum atomic E-state index is 5.48. The van der Waals surface area contributed by atoms with Gasteiger partial charge in [-0.1, -0.05) is 0 Å². The molecule has 0 saturated carbocycles. The third kappa shape index (κ3) is 2.95. The zero-order valence-electron chi connectivity index (χ0n) is 13.3. The Balaban J connectivity index is 1.48. The maximum Gasteiger partial charge on any atom is 0.164 e. The van der Waals surface area contributed by atoms with Crippen molar-refractivity contribution in [3.8, 4) is 0 Å². The molecule has 1 atom stereocenters. The average Bonchev–Trinajstić information content (AvgIpc) is 3.17. The number of ether oxygens (including phenoxy) is 1. The van der Waals surface area contributed by atoms with Crippen LogP contribution in [-0.4, -0.2) is 70.6 Å². The Kier molecular flexibility index (Phi) is 4.21. The van der Waals surface area contributed by atoms with Gasteiger partial charge in [-0.15, -0.1) is 0 Å². The highest BCUT2D eigenvalue weighted by Crippen LogP contribution is 2.30. The van der Waals surface area contributed by atoms with Crippen LogP contribution in [0.3, 0.4) is 0 Å². The highest BCUT2D eigenvalue weighted by atomic mass is 79.9. The van der Waals surface area contributed by atoms with Crippen molar-refractivity contribution in [1.82, 2.24) is 24.6 Å². The SMILES string of the molecule is Cn1nc(Br)c2c(N3CCN(CC4CCOC4)CC3)ncnc21. The fourth-order valence-corrected chi connectivity index (χ4v) is 4.09. The van der Waals surface area contributed by atoms with Crippen LogP contribution in [0.2, 0.25) is 0 Å². The lowest BCUT2D eigenvalue weighted by molar-refractivity contribution is 0.164. The van der Waals surface area contributed by atoms with Gasteiger partial charge in [0.2, 0.25) is 0 Å². The van der Waals surface area contributed by atoms with Crippen molar-refractivity contribution in [3.05, 3.63) is 10.9 Å². The maximum absolute atomic E-state index is 5.48. The highest BCUT2D eigenvalue weighted by Gasteiger charge is 2.25. The smallest absolute Gasteiger partial charge is 0.164 e. The number of hydrogen-bond donors (Lipinski definition) is 0. The van der Waals surface area contributed by atoms with Crippen LogP contribution >= 0.6 is 15.9 Å².